The molecule has 0 radical (unpaired) electrons. The highest BCUT2D eigenvalue weighted by molar-refractivity contribution is 6.32. The third-order valence-electron chi connectivity index (χ3n) is 6.92. The summed E-state index contributed by atoms with van der Waals surface area (Å²) < 4.78 is 5.25. The Balaban J connectivity index is 1.43. The number of ketones is 2. The van der Waals surface area contributed by atoms with Gasteiger partial charge in [-0.3, -0.25) is 19.4 Å². The second-order valence-corrected chi connectivity index (χ2v) is 8.89. The first-order valence-electron chi connectivity index (χ1n) is 11.4. The maximum Gasteiger partial charge on any atom is 0.196 e. The molecule has 1 saturated heterocycles. The van der Waals surface area contributed by atoms with Crippen LogP contribution in [0.25, 0.3) is 0 Å². The minimum Gasteiger partial charge on any atom is -0.497 e. The smallest absolute Gasteiger partial charge is 0.196 e. The number of ether oxygens (including phenoxy) is 1. The van der Waals surface area contributed by atoms with Crippen molar-refractivity contribution in [1.29, 1.82) is 0 Å². The Morgan fingerprint density at radius 2 is 1.45 bits per heavy atom. The molecule has 33 heavy (non-hydrogen) atoms. The van der Waals surface area contributed by atoms with Crippen molar-refractivity contribution in [3.05, 3.63) is 101 Å². The lowest BCUT2D eigenvalue weighted by Crippen LogP contribution is -2.60. The van der Waals surface area contributed by atoms with Gasteiger partial charge in [0.25, 0.3) is 0 Å². The molecule has 1 aliphatic carbocycles. The Morgan fingerprint density at radius 3 is 2.03 bits per heavy atom. The lowest BCUT2D eigenvalue weighted by molar-refractivity contribution is 0.0279. The van der Waals surface area contributed by atoms with Crippen molar-refractivity contribution in [2.75, 3.05) is 33.3 Å². The van der Waals surface area contributed by atoms with Gasteiger partial charge in [-0.1, -0.05) is 66.2 Å². The summed E-state index contributed by atoms with van der Waals surface area (Å²) in [6, 6.07) is 23.2. The van der Waals surface area contributed by atoms with Crippen molar-refractivity contribution in [2.45, 2.75) is 19.0 Å². The molecule has 5 rings (SSSR count). The summed E-state index contributed by atoms with van der Waals surface area (Å²) in [5.74, 6) is 0.649. The summed E-state index contributed by atoms with van der Waals surface area (Å²) >= 11 is 0. The van der Waals surface area contributed by atoms with E-state index in [2.05, 4.69) is 21.9 Å². The number of rotatable bonds is 5. The van der Waals surface area contributed by atoms with E-state index in [4.69, 9.17) is 4.74 Å². The second-order valence-electron chi connectivity index (χ2n) is 8.89. The first-order chi connectivity index (χ1) is 16.0. The summed E-state index contributed by atoms with van der Waals surface area (Å²) in [4.78, 5) is 32.3. The zero-order chi connectivity index (χ0) is 23.0. The summed E-state index contributed by atoms with van der Waals surface area (Å²) in [5.41, 5.74) is 2.83. The van der Waals surface area contributed by atoms with Crippen molar-refractivity contribution < 1.29 is 14.3 Å². The first kappa shape index (κ1) is 21.6. The molecule has 0 spiro atoms. The van der Waals surface area contributed by atoms with Crippen LogP contribution in [0.1, 0.15) is 37.4 Å². The highest BCUT2D eigenvalue weighted by Gasteiger charge is 2.58. The molecule has 1 fully saturated rings. The van der Waals surface area contributed by atoms with Crippen LogP contribution < -0.4 is 4.74 Å². The van der Waals surface area contributed by atoms with E-state index in [9.17, 15) is 9.59 Å². The van der Waals surface area contributed by atoms with Gasteiger partial charge in [0.1, 0.15) is 5.75 Å². The molecular weight excluding hydrogens is 412 g/mol. The Morgan fingerprint density at radius 1 is 0.818 bits per heavy atom. The van der Waals surface area contributed by atoms with E-state index in [1.807, 2.05) is 55.5 Å². The number of benzene rings is 3. The first-order valence-corrected chi connectivity index (χ1v) is 11.4. The highest BCUT2D eigenvalue weighted by atomic mass is 16.5. The zero-order valence-corrected chi connectivity index (χ0v) is 19.1. The van der Waals surface area contributed by atoms with Gasteiger partial charge in [-0.25, -0.2) is 0 Å². The van der Waals surface area contributed by atoms with Crippen LogP contribution in [-0.4, -0.2) is 54.7 Å². The molecule has 3 aromatic rings. The molecule has 0 amide bonds. The van der Waals surface area contributed by atoms with Crippen LogP contribution in [0, 0.1) is 6.92 Å². The summed E-state index contributed by atoms with van der Waals surface area (Å²) in [6.07, 6.45) is 0. The van der Waals surface area contributed by atoms with Crippen molar-refractivity contribution in [2.24, 2.45) is 0 Å². The lowest BCUT2D eigenvalue weighted by Gasteiger charge is -2.44. The fraction of sp³-hybridized carbons (Fsp3) is 0.286. The second kappa shape index (κ2) is 8.58. The van der Waals surface area contributed by atoms with Gasteiger partial charge >= 0.3 is 0 Å². The molecule has 5 heteroatoms. The highest BCUT2D eigenvalue weighted by Crippen LogP contribution is 2.43. The molecule has 0 bridgehead atoms. The molecule has 5 nitrogen and oxygen atoms in total. The van der Waals surface area contributed by atoms with Gasteiger partial charge in [0.2, 0.25) is 0 Å². The predicted octanol–water partition coefficient (Wildman–Crippen LogP) is 4.10. The molecule has 0 unspecified atom stereocenters. The van der Waals surface area contributed by atoms with Crippen LogP contribution in [-0.2, 0) is 12.1 Å². The number of hydrogen-bond donors (Lipinski definition) is 0. The van der Waals surface area contributed by atoms with Crippen molar-refractivity contribution in [3.8, 4) is 5.75 Å². The van der Waals surface area contributed by atoms with Gasteiger partial charge in [0, 0.05) is 43.9 Å². The number of nitrogens with zero attached hydrogens (tertiary/aromatic N) is 2. The average Bonchev–Trinajstić information content (AvgIpc) is 3.08. The molecule has 0 atom stereocenters. The van der Waals surface area contributed by atoms with E-state index < -0.39 is 5.54 Å². The Labute approximate surface area is 194 Å². The summed E-state index contributed by atoms with van der Waals surface area (Å²) in [6.45, 7) is 5.70. The quantitative estimate of drug-likeness (QED) is 0.559. The number of methoxy groups -OCH3 is 1. The number of carbonyl (C=O) groups excluding carboxylic acids is 2. The topological polar surface area (TPSA) is 49.9 Å². The van der Waals surface area contributed by atoms with Gasteiger partial charge in [-0.2, -0.15) is 0 Å². The van der Waals surface area contributed by atoms with Gasteiger partial charge in [0.05, 0.1) is 7.11 Å². The van der Waals surface area contributed by atoms with Crippen LogP contribution >= 0.6 is 0 Å². The average molecular weight is 441 g/mol. The maximum absolute atomic E-state index is 13.9. The minimum absolute atomic E-state index is 0.0997. The zero-order valence-electron chi connectivity index (χ0n) is 19.1. The standard InChI is InChI=1S/C28H28N2O3/c1-20-6-5-7-22(18-20)28(26(31)24-8-3-4-9-25(24)27(28)32)30-16-14-29(15-17-30)19-21-10-12-23(33-2)13-11-21/h3-13,18H,14-17,19H2,1-2H3. The molecule has 0 N–H and O–H groups in total. The Hall–Kier alpha value is -3.28. The maximum atomic E-state index is 13.9. The molecule has 3 aromatic carbocycles. The Kier molecular flexibility index (Phi) is 5.60. The molecule has 2 aliphatic rings. The molecule has 1 heterocycles. The largest absolute Gasteiger partial charge is 0.497 e. The van der Waals surface area contributed by atoms with Crippen molar-refractivity contribution in [1.82, 2.24) is 9.80 Å². The van der Waals surface area contributed by atoms with Gasteiger partial charge in [-0.15, -0.1) is 0 Å². The van der Waals surface area contributed by atoms with E-state index in [0.717, 1.165) is 36.5 Å². The van der Waals surface area contributed by atoms with Gasteiger partial charge in [-0.05, 0) is 30.2 Å². The molecule has 1 aliphatic heterocycles. The van der Waals surface area contributed by atoms with Crippen molar-refractivity contribution >= 4 is 11.6 Å². The van der Waals surface area contributed by atoms with E-state index in [0.29, 0.717) is 24.2 Å². The van der Waals surface area contributed by atoms with Gasteiger partial charge < -0.3 is 4.74 Å². The number of carbonyl (C=O) groups is 2. The lowest BCUT2D eigenvalue weighted by atomic mass is 9.82. The number of Topliss-reactive ketones (excluding diaryl/α,β-unsaturated/α-hetero) is 2. The molecule has 0 saturated carbocycles. The van der Waals surface area contributed by atoms with Crippen LogP contribution in [0.5, 0.6) is 5.75 Å². The van der Waals surface area contributed by atoms with Crippen LogP contribution in [0.3, 0.4) is 0 Å². The van der Waals surface area contributed by atoms with Crippen LogP contribution in [0.2, 0.25) is 0 Å². The van der Waals surface area contributed by atoms with Crippen molar-refractivity contribution in [3.63, 3.8) is 0 Å². The van der Waals surface area contributed by atoms with E-state index >= 15 is 0 Å². The predicted molar refractivity (Wildman–Crippen MR) is 128 cm³/mol. The van der Waals surface area contributed by atoms with Gasteiger partial charge in [0.15, 0.2) is 17.1 Å². The third kappa shape index (κ3) is 3.58. The number of hydrogen-bond acceptors (Lipinski definition) is 5. The van der Waals surface area contributed by atoms with E-state index in [-0.39, 0.29) is 11.6 Å². The fourth-order valence-electron chi connectivity index (χ4n) is 5.20. The summed E-state index contributed by atoms with van der Waals surface area (Å²) in [5, 5.41) is 0. The van der Waals surface area contributed by atoms with E-state index in [1.54, 1.807) is 19.2 Å². The third-order valence-corrected chi connectivity index (χ3v) is 6.92. The normalized spacial score (nSPS) is 18.4. The number of fused-ring (bicyclic) bond motifs is 1. The molecular formula is C28H28N2O3. The monoisotopic (exact) mass is 440 g/mol. The van der Waals surface area contributed by atoms with Crippen LogP contribution in [0.15, 0.2) is 72.8 Å². The van der Waals surface area contributed by atoms with E-state index in [1.165, 1.54) is 5.56 Å². The number of piperazine rings is 1. The fourth-order valence-corrected chi connectivity index (χ4v) is 5.20. The SMILES string of the molecule is COc1ccc(CN2CCN(C3(c4cccc(C)c4)C(=O)c4ccccc4C3=O)CC2)cc1. The summed E-state index contributed by atoms with van der Waals surface area (Å²) in [7, 11) is 1.67. The molecule has 0 aromatic heterocycles. The Bertz CT molecular complexity index is 1160. The number of aryl methyl sites for hydroxylation is 1. The minimum atomic E-state index is -1.28. The molecule has 168 valence electrons. The van der Waals surface area contributed by atoms with Crippen LogP contribution in [0.4, 0.5) is 0 Å².